The Kier molecular flexibility index (Phi) is 4.76. The molecule has 0 unspecified atom stereocenters. The van der Waals surface area contributed by atoms with Crippen LogP contribution in [0.2, 0.25) is 5.02 Å². The van der Waals surface area contributed by atoms with Crippen molar-refractivity contribution in [2.75, 3.05) is 5.32 Å². The molecular formula is C17H14ClN5O2. The maximum absolute atomic E-state index is 12.2. The van der Waals surface area contributed by atoms with E-state index in [0.717, 1.165) is 5.56 Å². The average Bonchev–Trinajstić information content (AvgIpc) is 2.98. The van der Waals surface area contributed by atoms with Gasteiger partial charge in [-0.2, -0.15) is 0 Å². The molecule has 0 saturated carbocycles. The molecule has 2 aromatic heterocycles. The number of nitrogens with one attached hydrogen (secondary N) is 1. The molecule has 0 atom stereocenters. The van der Waals surface area contributed by atoms with Crippen LogP contribution in [-0.4, -0.2) is 26.3 Å². The molecular weight excluding hydrogens is 342 g/mol. The standard InChI is InChI=1S/C17H14ClN5O2/c18-13-5-1-3-11(7-13)9-23-10-21-16(14(23)15(19)24)22-17(25)12-4-2-6-20-8-12/h1-8,10H,9H2,(H2,19,24)(H,22,25). The lowest BCUT2D eigenvalue weighted by atomic mass is 10.2. The van der Waals surface area contributed by atoms with Crippen LogP contribution in [0.5, 0.6) is 0 Å². The summed E-state index contributed by atoms with van der Waals surface area (Å²) < 4.78 is 1.56. The van der Waals surface area contributed by atoms with E-state index in [9.17, 15) is 9.59 Å². The van der Waals surface area contributed by atoms with Gasteiger partial charge in [0.25, 0.3) is 11.8 Å². The summed E-state index contributed by atoms with van der Waals surface area (Å²) in [6.07, 6.45) is 4.42. The Morgan fingerprint density at radius 2 is 2.08 bits per heavy atom. The second kappa shape index (κ2) is 7.14. The predicted octanol–water partition coefficient (Wildman–Crippen LogP) is 2.33. The first-order valence-electron chi connectivity index (χ1n) is 7.35. The van der Waals surface area contributed by atoms with Crippen molar-refractivity contribution >= 4 is 29.2 Å². The number of rotatable bonds is 5. The van der Waals surface area contributed by atoms with Gasteiger partial charge in [-0.1, -0.05) is 23.7 Å². The number of halogens is 1. The van der Waals surface area contributed by atoms with Crippen LogP contribution in [0.4, 0.5) is 5.82 Å². The zero-order chi connectivity index (χ0) is 17.8. The molecule has 0 aliphatic carbocycles. The van der Waals surface area contributed by atoms with Gasteiger partial charge >= 0.3 is 0 Å². The van der Waals surface area contributed by atoms with Crippen molar-refractivity contribution < 1.29 is 9.59 Å². The zero-order valence-corrected chi connectivity index (χ0v) is 13.8. The van der Waals surface area contributed by atoms with Gasteiger partial charge in [0.1, 0.15) is 0 Å². The van der Waals surface area contributed by atoms with E-state index in [1.807, 2.05) is 12.1 Å². The minimum atomic E-state index is -0.694. The number of amides is 2. The molecule has 25 heavy (non-hydrogen) atoms. The molecule has 8 heteroatoms. The summed E-state index contributed by atoms with van der Waals surface area (Å²) in [5.41, 5.74) is 6.80. The number of pyridine rings is 1. The lowest BCUT2D eigenvalue weighted by Gasteiger charge is -2.08. The number of nitrogens with two attached hydrogens (primary N) is 1. The van der Waals surface area contributed by atoms with Crippen LogP contribution in [0.25, 0.3) is 0 Å². The van der Waals surface area contributed by atoms with Crippen LogP contribution in [0.15, 0.2) is 55.1 Å². The number of hydrogen-bond acceptors (Lipinski definition) is 4. The molecule has 0 spiro atoms. The molecule has 0 aliphatic heterocycles. The first kappa shape index (κ1) is 16.7. The molecule has 2 heterocycles. The molecule has 0 saturated heterocycles. The number of carbonyl (C=O) groups is 2. The van der Waals surface area contributed by atoms with Gasteiger partial charge < -0.3 is 15.6 Å². The fraction of sp³-hybridized carbons (Fsp3) is 0.0588. The van der Waals surface area contributed by atoms with E-state index >= 15 is 0 Å². The van der Waals surface area contributed by atoms with Crippen LogP contribution in [0, 0.1) is 0 Å². The SMILES string of the molecule is NC(=O)c1c(NC(=O)c2cccnc2)ncn1Cc1cccc(Cl)c1. The number of aromatic nitrogens is 3. The number of nitrogens with zero attached hydrogens (tertiary/aromatic N) is 3. The molecule has 0 fully saturated rings. The van der Waals surface area contributed by atoms with E-state index in [-0.39, 0.29) is 11.5 Å². The van der Waals surface area contributed by atoms with E-state index in [1.165, 1.54) is 12.5 Å². The van der Waals surface area contributed by atoms with Crippen LogP contribution in [0.3, 0.4) is 0 Å². The van der Waals surface area contributed by atoms with E-state index < -0.39 is 11.8 Å². The minimum Gasteiger partial charge on any atom is -0.364 e. The third-order valence-electron chi connectivity index (χ3n) is 3.47. The van der Waals surface area contributed by atoms with Crippen molar-refractivity contribution in [3.63, 3.8) is 0 Å². The molecule has 0 aliphatic rings. The van der Waals surface area contributed by atoms with Crippen molar-refractivity contribution in [2.45, 2.75) is 6.54 Å². The largest absolute Gasteiger partial charge is 0.364 e. The normalized spacial score (nSPS) is 10.4. The van der Waals surface area contributed by atoms with Gasteiger partial charge in [-0.05, 0) is 29.8 Å². The Morgan fingerprint density at radius 1 is 1.24 bits per heavy atom. The number of primary amides is 1. The van der Waals surface area contributed by atoms with Gasteiger partial charge in [0.2, 0.25) is 0 Å². The third-order valence-corrected chi connectivity index (χ3v) is 3.70. The first-order chi connectivity index (χ1) is 12.0. The number of carbonyl (C=O) groups excluding carboxylic acids is 2. The number of anilines is 1. The Morgan fingerprint density at radius 3 is 2.76 bits per heavy atom. The fourth-order valence-electron chi connectivity index (χ4n) is 2.36. The molecule has 3 aromatic rings. The van der Waals surface area contributed by atoms with Crippen molar-refractivity contribution in [3.05, 3.63) is 77.0 Å². The maximum atomic E-state index is 12.2. The Labute approximate surface area is 148 Å². The summed E-state index contributed by atoms with van der Waals surface area (Å²) in [5.74, 6) is -1.02. The Balaban J connectivity index is 1.87. The van der Waals surface area contributed by atoms with Gasteiger partial charge in [-0.3, -0.25) is 14.6 Å². The second-order valence-corrected chi connectivity index (χ2v) is 5.70. The van der Waals surface area contributed by atoms with E-state index in [0.29, 0.717) is 17.1 Å². The van der Waals surface area contributed by atoms with Crippen LogP contribution < -0.4 is 11.1 Å². The van der Waals surface area contributed by atoms with Crippen LogP contribution in [-0.2, 0) is 6.54 Å². The third kappa shape index (κ3) is 3.84. The average molecular weight is 356 g/mol. The quantitative estimate of drug-likeness (QED) is 0.733. The second-order valence-electron chi connectivity index (χ2n) is 5.26. The summed E-state index contributed by atoms with van der Waals surface area (Å²) >= 11 is 5.98. The van der Waals surface area contributed by atoms with Crippen molar-refractivity contribution in [3.8, 4) is 0 Å². The highest BCUT2D eigenvalue weighted by atomic mass is 35.5. The maximum Gasteiger partial charge on any atom is 0.269 e. The van der Waals surface area contributed by atoms with E-state index in [4.69, 9.17) is 17.3 Å². The van der Waals surface area contributed by atoms with Gasteiger partial charge in [-0.15, -0.1) is 0 Å². The lowest BCUT2D eigenvalue weighted by Crippen LogP contribution is -2.21. The molecule has 126 valence electrons. The lowest BCUT2D eigenvalue weighted by molar-refractivity contribution is 0.0993. The Hall–Kier alpha value is -3.19. The fourth-order valence-corrected chi connectivity index (χ4v) is 2.57. The summed E-state index contributed by atoms with van der Waals surface area (Å²) in [5, 5.41) is 3.17. The van der Waals surface area contributed by atoms with Crippen molar-refractivity contribution in [1.82, 2.24) is 14.5 Å². The van der Waals surface area contributed by atoms with Crippen molar-refractivity contribution in [1.29, 1.82) is 0 Å². The van der Waals surface area contributed by atoms with Gasteiger partial charge in [0.05, 0.1) is 11.9 Å². The highest BCUT2D eigenvalue weighted by molar-refractivity contribution is 6.30. The summed E-state index contributed by atoms with van der Waals surface area (Å²) in [7, 11) is 0. The Bertz CT molecular complexity index is 924. The summed E-state index contributed by atoms with van der Waals surface area (Å²) in [4.78, 5) is 32.1. The molecule has 3 rings (SSSR count). The van der Waals surface area contributed by atoms with Crippen LogP contribution >= 0.6 is 11.6 Å². The van der Waals surface area contributed by atoms with Crippen LogP contribution in [0.1, 0.15) is 26.4 Å². The topological polar surface area (TPSA) is 103 Å². The monoisotopic (exact) mass is 355 g/mol. The van der Waals surface area contributed by atoms with Crippen molar-refractivity contribution in [2.24, 2.45) is 5.73 Å². The molecule has 0 radical (unpaired) electrons. The van der Waals surface area contributed by atoms with Gasteiger partial charge in [0, 0.05) is 24.0 Å². The number of hydrogen-bond donors (Lipinski definition) is 2. The molecule has 3 N–H and O–H groups in total. The molecule has 7 nitrogen and oxygen atoms in total. The summed E-state index contributed by atoms with van der Waals surface area (Å²) in [6.45, 7) is 0.342. The van der Waals surface area contributed by atoms with Gasteiger partial charge in [0.15, 0.2) is 11.5 Å². The predicted molar refractivity (Wildman–Crippen MR) is 93.5 cm³/mol. The smallest absolute Gasteiger partial charge is 0.269 e. The summed E-state index contributed by atoms with van der Waals surface area (Å²) in [6, 6.07) is 10.5. The number of benzene rings is 1. The highest BCUT2D eigenvalue weighted by Crippen LogP contribution is 2.18. The first-order valence-corrected chi connectivity index (χ1v) is 7.73. The molecule has 1 aromatic carbocycles. The number of imidazole rings is 1. The molecule has 0 bridgehead atoms. The van der Waals surface area contributed by atoms with Gasteiger partial charge in [-0.25, -0.2) is 4.98 Å². The minimum absolute atomic E-state index is 0.100. The highest BCUT2D eigenvalue weighted by Gasteiger charge is 2.19. The van der Waals surface area contributed by atoms with E-state index in [2.05, 4.69) is 15.3 Å². The zero-order valence-electron chi connectivity index (χ0n) is 13.0. The van der Waals surface area contributed by atoms with E-state index in [1.54, 1.807) is 35.0 Å². The molecule has 2 amide bonds.